The summed E-state index contributed by atoms with van der Waals surface area (Å²) in [5.74, 6) is 0. The Bertz CT molecular complexity index is 468. The first-order chi connectivity index (χ1) is 8.15. The third kappa shape index (κ3) is 3.18. The first-order valence-electron chi connectivity index (χ1n) is 6.03. The number of hydrogen-bond acceptors (Lipinski definition) is 1. The van der Waals surface area contributed by atoms with Crippen molar-refractivity contribution >= 4 is 0 Å². The van der Waals surface area contributed by atoms with E-state index < -0.39 is 0 Å². The molecule has 0 saturated heterocycles. The number of rotatable bonds is 3. The summed E-state index contributed by atoms with van der Waals surface area (Å²) in [6.45, 7) is 4.26. The van der Waals surface area contributed by atoms with Crippen molar-refractivity contribution in [1.82, 2.24) is 0 Å². The van der Waals surface area contributed by atoms with Gasteiger partial charge in [-0.25, -0.2) is 0 Å². The zero-order valence-electron chi connectivity index (χ0n) is 10.5. The normalized spacial score (nSPS) is 12.4. The second-order valence-corrected chi connectivity index (χ2v) is 4.72. The van der Waals surface area contributed by atoms with Crippen LogP contribution in [0.5, 0.6) is 0 Å². The van der Waals surface area contributed by atoms with Crippen LogP contribution in [0.3, 0.4) is 0 Å². The first kappa shape index (κ1) is 11.9. The van der Waals surface area contributed by atoms with Gasteiger partial charge in [0.05, 0.1) is 0 Å². The average Bonchev–Trinajstić information content (AvgIpc) is 2.28. The van der Waals surface area contributed by atoms with Crippen LogP contribution in [0.1, 0.15) is 28.3 Å². The summed E-state index contributed by atoms with van der Waals surface area (Å²) in [4.78, 5) is 0. The monoisotopic (exact) mass is 225 g/mol. The number of aryl methyl sites for hydroxylation is 2. The van der Waals surface area contributed by atoms with E-state index in [0.29, 0.717) is 0 Å². The van der Waals surface area contributed by atoms with Gasteiger partial charge in [-0.3, -0.25) is 0 Å². The Labute approximate surface area is 103 Å². The molecule has 0 aliphatic rings. The van der Waals surface area contributed by atoms with Gasteiger partial charge < -0.3 is 5.73 Å². The molecule has 17 heavy (non-hydrogen) atoms. The number of hydrogen-bond donors (Lipinski definition) is 1. The van der Waals surface area contributed by atoms with E-state index in [1.165, 1.54) is 22.3 Å². The van der Waals surface area contributed by atoms with Crippen molar-refractivity contribution in [2.24, 2.45) is 5.73 Å². The molecular weight excluding hydrogens is 206 g/mol. The summed E-state index contributed by atoms with van der Waals surface area (Å²) in [6, 6.07) is 17.0. The van der Waals surface area contributed by atoms with Gasteiger partial charge in [-0.2, -0.15) is 0 Å². The molecule has 0 spiro atoms. The lowest BCUT2D eigenvalue weighted by atomic mass is 9.97. The third-order valence-corrected chi connectivity index (χ3v) is 2.96. The fourth-order valence-corrected chi connectivity index (χ4v) is 2.26. The molecule has 1 unspecified atom stereocenters. The largest absolute Gasteiger partial charge is 0.324 e. The molecule has 0 amide bonds. The molecule has 88 valence electrons. The molecule has 1 heteroatoms. The summed E-state index contributed by atoms with van der Waals surface area (Å²) in [5.41, 5.74) is 11.4. The molecule has 2 aromatic carbocycles. The molecule has 0 bridgehead atoms. The molecule has 0 aromatic heterocycles. The molecular formula is C16H19N. The van der Waals surface area contributed by atoms with E-state index in [4.69, 9.17) is 5.73 Å². The second kappa shape index (κ2) is 5.15. The van der Waals surface area contributed by atoms with Gasteiger partial charge in [0.25, 0.3) is 0 Å². The van der Waals surface area contributed by atoms with Crippen LogP contribution in [0.15, 0.2) is 48.5 Å². The summed E-state index contributed by atoms with van der Waals surface area (Å²) in [7, 11) is 0. The minimum atomic E-state index is 0.0809. The average molecular weight is 225 g/mol. The number of nitrogens with two attached hydrogens (primary N) is 1. The molecule has 2 aromatic rings. The fraction of sp³-hybridized carbons (Fsp3) is 0.250. The lowest BCUT2D eigenvalue weighted by Gasteiger charge is -2.13. The van der Waals surface area contributed by atoms with Crippen LogP contribution < -0.4 is 5.73 Å². The molecule has 1 nitrogen and oxygen atoms in total. The molecule has 0 aliphatic heterocycles. The van der Waals surface area contributed by atoms with Crippen LogP contribution in [-0.2, 0) is 6.42 Å². The van der Waals surface area contributed by atoms with E-state index in [0.717, 1.165) is 6.42 Å². The Balaban J connectivity index is 2.16. The standard InChI is InChI=1S/C16H19N/c1-12-8-13(2)10-14(9-12)11-16(17)15-6-4-3-5-7-15/h3-10,16H,11,17H2,1-2H3. The maximum absolute atomic E-state index is 6.23. The predicted octanol–water partition coefficient (Wildman–Crippen LogP) is 3.55. The van der Waals surface area contributed by atoms with E-state index in [2.05, 4.69) is 44.2 Å². The predicted molar refractivity (Wildman–Crippen MR) is 73.0 cm³/mol. The highest BCUT2D eigenvalue weighted by Crippen LogP contribution is 2.17. The van der Waals surface area contributed by atoms with Crippen molar-refractivity contribution in [3.05, 3.63) is 70.8 Å². The molecule has 0 fully saturated rings. The third-order valence-electron chi connectivity index (χ3n) is 2.96. The summed E-state index contributed by atoms with van der Waals surface area (Å²) < 4.78 is 0. The van der Waals surface area contributed by atoms with Crippen molar-refractivity contribution in [2.45, 2.75) is 26.3 Å². The van der Waals surface area contributed by atoms with Crippen molar-refractivity contribution in [2.75, 3.05) is 0 Å². The van der Waals surface area contributed by atoms with Crippen molar-refractivity contribution in [1.29, 1.82) is 0 Å². The quantitative estimate of drug-likeness (QED) is 0.849. The SMILES string of the molecule is Cc1cc(C)cc(CC(N)c2ccccc2)c1. The van der Waals surface area contributed by atoms with E-state index in [1.807, 2.05) is 18.2 Å². The minimum Gasteiger partial charge on any atom is -0.324 e. The number of benzene rings is 2. The van der Waals surface area contributed by atoms with Gasteiger partial charge in [0.1, 0.15) is 0 Å². The maximum atomic E-state index is 6.23. The molecule has 0 heterocycles. The minimum absolute atomic E-state index is 0.0809. The first-order valence-corrected chi connectivity index (χ1v) is 6.03. The van der Waals surface area contributed by atoms with Gasteiger partial charge in [-0.15, -0.1) is 0 Å². The van der Waals surface area contributed by atoms with E-state index in [9.17, 15) is 0 Å². The van der Waals surface area contributed by atoms with E-state index in [1.54, 1.807) is 0 Å². The van der Waals surface area contributed by atoms with Gasteiger partial charge in [-0.1, -0.05) is 59.7 Å². The molecule has 0 aliphatic carbocycles. The Morgan fingerprint density at radius 2 is 1.53 bits per heavy atom. The van der Waals surface area contributed by atoms with Crippen LogP contribution in [0.2, 0.25) is 0 Å². The topological polar surface area (TPSA) is 26.0 Å². The van der Waals surface area contributed by atoms with E-state index >= 15 is 0 Å². The van der Waals surface area contributed by atoms with E-state index in [-0.39, 0.29) is 6.04 Å². The van der Waals surface area contributed by atoms with Crippen LogP contribution in [0.4, 0.5) is 0 Å². The van der Waals surface area contributed by atoms with Crippen molar-refractivity contribution in [3.8, 4) is 0 Å². The van der Waals surface area contributed by atoms with Crippen LogP contribution in [-0.4, -0.2) is 0 Å². The van der Waals surface area contributed by atoms with Crippen LogP contribution in [0, 0.1) is 13.8 Å². The smallest absolute Gasteiger partial charge is 0.0335 e. The van der Waals surface area contributed by atoms with Gasteiger partial charge in [-0.05, 0) is 31.4 Å². The summed E-state index contributed by atoms with van der Waals surface area (Å²) in [6.07, 6.45) is 0.895. The molecule has 1 atom stereocenters. The molecule has 0 radical (unpaired) electrons. The zero-order valence-corrected chi connectivity index (χ0v) is 10.5. The van der Waals surface area contributed by atoms with Gasteiger partial charge >= 0.3 is 0 Å². The van der Waals surface area contributed by atoms with Gasteiger partial charge in [0.2, 0.25) is 0 Å². The summed E-state index contributed by atoms with van der Waals surface area (Å²) >= 11 is 0. The highest BCUT2D eigenvalue weighted by Gasteiger charge is 2.06. The van der Waals surface area contributed by atoms with Crippen LogP contribution in [0.25, 0.3) is 0 Å². The Morgan fingerprint density at radius 1 is 0.941 bits per heavy atom. The molecule has 0 saturated carbocycles. The Hall–Kier alpha value is -1.60. The lowest BCUT2D eigenvalue weighted by molar-refractivity contribution is 0.721. The Morgan fingerprint density at radius 3 is 2.12 bits per heavy atom. The fourth-order valence-electron chi connectivity index (χ4n) is 2.26. The highest BCUT2D eigenvalue weighted by atomic mass is 14.6. The summed E-state index contributed by atoms with van der Waals surface area (Å²) in [5, 5.41) is 0. The second-order valence-electron chi connectivity index (χ2n) is 4.72. The lowest BCUT2D eigenvalue weighted by Crippen LogP contribution is -2.13. The van der Waals surface area contributed by atoms with Crippen molar-refractivity contribution < 1.29 is 0 Å². The van der Waals surface area contributed by atoms with Crippen LogP contribution >= 0.6 is 0 Å². The van der Waals surface area contributed by atoms with Gasteiger partial charge in [0, 0.05) is 6.04 Å². The maximum Gasteiger partial charge on any atom is 0.0335 e. The molecule has 2 rings (SSSR count). The Kier molecular flexibility index (Phi) is 3.60. The molecule has 2 N–H and O–H groups in total. The zero-order chi connectivity index (χ0) is 12.3. The highest BCUT2D eigenvalue weighted by molar-refractivity contribution is 5.30. The van der Waals surface area contributed by atoms with Crippen molar-refractivity contribution in [3.63, 3.8) is 0 Å². The van der Waals surface area contributed by atoms with Gasteiger partial charge in [0.15, 0.2) is 0 Å².